The van der Waals surface area contributed by atoms with Crippen molar-refractivity contribution in [2.24, 2.45) is 7.05 Å². The fourth-order valence-corrected chi connectivity index (χ4v) is 3.95. The van der Waals surface area contributed by atoms with E-state index in [1.165, 1.54) is 0 Å². The van der Waals surface area contributed by atoms with E-state index in [0.29, 0.717) is 6.04 Å². The summed E-state index contributed by atoms with van der Waals surface area (Å²) in [4.78, 5) is 16.5. The number of likely N-dealkylation sites (N-methyl/N-ethyl adjacent to an activating group) is 1. The lowest BCUT2D eigenvalue weighted by molar-refractivity contribution is 0.0703. The van der Waals surface area contributed by atoms with Crippen molar-refractivity contribution in [1.29, 1.82) is 0 Å². The fourth-order valence-electron chi connectivity index (χ4n) is 2.86. The molecule has 2 aromatic heterocycles. The number of hydrogen-bond acceptors (Lipinski definition) is 4. The van der Waals surface area contributed by atoms with E-state index < -0.39 is 0 Å². The van der Waals surface area contributed by atoms with Crippen molar-refractivity contribution in [1.82, 2.24) is 20.0 Å². The molecule has 1 N–H and O–H groups in total. The average Bonchev–Trinajstić information content (AvgIpc) is 3.01. The highest BCUT2D eigenvalue weighted by molar-refractivity contribution is 7.20. The lowest BCUT2D eigenvalue weighted by Crippen LogP contribution is -2.46. The number of thiophene rings is 1. The van der Waals surface area contributed by atoms with Gasteiger partial charge in [0.1, 0.15) is 4.83 Å². The average molecular weight is 292 g/mol. The predicted octanol–water partition coefficient (Wildman–Crippen LogP) is 1.77. The van der Waals surface area contributed by atoms with Gasteiger partial charge in [0.05, 0.1) is 10.6 Å². The molecule has 0 radical (unpaired) electrons. The Morgan fingerprint density at radius 3 is 3.05 bits per heavy atom. The van der Waals surface area contributed by atoms with Crippen LogP contribution in [0.4, 0.5) is 0 Å². The predicted molar refractivity (Wildman–Crippen MR) is 81.3 cm³/mol. The summed E-state index contributed by atoms with van der Waals surface area (Å²) < 4.78 is 1.86. The maximum absolute atomic E-state index is 12.6. The van der Waals surface area contributed by atoms with Crippen molar-refractivity contribution < 1.29 is 4.79 Å². The minimum atomic E-state index is 0.158. The van der Waals surface area contributed by atoms with Crippen molar-refractivity contribution in [2.75, 3.05) is 20.1 Å². The zero-order chi connectivity index (χ0) is 14.3. The lowest BCUT2D eigenvalue weighted by atomic mass is 10.1. The highest BCUT2D eigenvalue weighted by Crippen LogP contribution is 2.29. The number of nitrogens with one attached hydrogen (secondary N) is 1. The summed E-state index contributed by atoms with van der Waals surface area (Å²) in [5.41, 5.74) is 0.990. The Hall–Kier alpha value is -1.40. The van der Waals surface area contributed by atoms with Crippen LogP contribution in [0.15, 0.2) is 6.07 Å². The molecule has 0 aliphatic carbocycles. The number of amides is 1. The van der Waals surface area contributed by atoms with Crippen molar-refractivity contribution in [3.8, 4) is 0 Å². The number of carbonyl (C=O) groups is 1. The van der Waals surface area contributed by atoms with Gasteiger partial charge in [0, 0.05) is 31.6 Å². The van der Waals surface area contributed by atoms with Crippen molar-refractivity contribution >= 4 is 27.5 Å². The molecule has 3 rings (SSSR count). The highest BCUT2D eigenvalue weighted by atomic mass is 32.1. The first kappa shape index (κ1) is 13.6. The smallest absolute Gasteiger partial charge is 0.264 e. The van der Waals surface area contributed by atoms with Crippen LogP contribution >= 0.6 is 11.3 Å². The second-order valence-corrected chi connectivity index (χ2v) is 6.45. The zero-order valence-corrected chi connectivity index (χ0v) is 13.0. The molecule has 0 bridgehead atoms. The Morgan fingerprint density at radius 2 is 2.35 bits per heavy atom. The van der Waals surface area contributed by atoms with Crippen molar-refractivity contribution in [2.45, 2.75) is 25.8 Å². The molecular weight excluding hydrogens is 272 g/mol. The number of nitrogens with zero attached hydrogens (tertiary/aromatic N) is 3. The van der Waals surface area contributed by atoms with E-state index in [2.05, 4.69) is 10.4 Å². The Morgan fingerprint density at radius 1 is 1.55 bits per heavy atom. The molecule has 0 spiro atoms. The summed E-state index contributed by atoms with van der Waals surface area (Å²) in [5.74, 6) is 0.158. The normalized spacial score (nSPS) is 19.8. The molecule has 108 valence electrons. The minimum absolute atomic E-state index is 0.158. The third-order valence-corrected chi connectivity index (χ3v) is 5.21. The van der Waals surface area contributed by atoms with Crippen LogP contribution in [0, 0.1) is 6.92 Å². The first-order valence-corrected chi connectivity index (χ1v) is 7.81. The molecule has 3 heterocycles. The molecule has 5 nitrogen and oxygen atoms in total. The van der Waals surface area contributed by atoms with Gasteiger partial charge < -0.3 is 10.2 Å². The quantitative estimate of drug-likeness (QED) is 0.918. The van der Waals surface area contributed by atoms with Gasteiger partial charge in [-0.05, 0) is 32.9 Å². The van der Waals surface area contributed by atoms with Crippen LogP contribution < -0.4 is 5.32 Å². The topological polar surface area (TPSA) is 50.2 Å². The fraction of sp³-hybridized carbons (Fsp3) is 0.571. The maximum atomic E-state index is 12.6. The first-order chi connectivity index (χ1) is 9.60. The summed E-state index contributed by atoms with van der Waals surface area (Å²) in [5, 5.41) is 8.76. The van der Waals surface area contributed by atoms with Crippen LogP contribution in [0.25, 0.3) is 10.2 Å². The highest BCUT2D eigenvalue weighted by Gasteiger charge is 2.25. The van der Waals surface area contributed by atoms with Crippen molar-refractivity contribution in [3.05, 3.63) is 16.6 Å². The van der Waals surface area contributed by atoms with Crippen LogP contribution in [0.1, 0.15) is 28.2 Å². The van der Waals surface area contributed by atoms with Gasteiger partial charge in [-0.1, -0.05) is 0 Å². The molecule has 1 aliphatic rings. The number of hydrogen-bond donors (Lipinski definition) is 1. The van der Waals surface area contributed by atoms with Crippen LogP contribution in [0.5, 0.6) is 0 Å². The molecule has 0 aromatic carbocycles. The third kappa shape index (κ3) is 2.23. The van der Waals surface area contributed by atoms with Crippen LogP contribution in [0.2, 0.25) is 0 Å². The van der Waals surface area contributed by atoms with Gasteiger partial charge in [-0.3, -0.25) is 9.48 Å². The van der Waals surface area contributed by atoms with Gasteiger partial charge >= 0.3 is 0 Å². The summed E-state index contributed by atoms with van der Waals surface area (Å²) in [7, 11) is 3.89. The summed E-state index contributed by atoms with van der Waals surface area (Å²) >= 11 is 1.54. The van der Waals surface area contributed by atoms with E-state index in [1.54, 1.807) is 11.3 Å². The van der Waals surface area contributed by atoms with Gasteiger partial charge in [-0.2, -0.15) is 5.10 Å². The molecule has 1 amide bonds. The number of aryl methyl sites for hydroxylation is 2. The Kier molecular flexibility index (Phi) is 3.52. The van der Waals surface area contributed by atoms with Crippen LogP contribution in [0.3, 0.4) is 0 Å². The third-order valence-electron chi connectivity index (χ3n) is 4.02. The lowest BCUT2D eigenvalue weighted by Gasteiger charge is -2.32. The zero-order valence-electron chi connectivity index (χ0n) is 12.1. The summed E-state index contributed by atoms with van der Waals surface area (Å²) in [6, 6.07) is 2.42. The van der Waals surface area contributed by atoms with Crippen LogP contribution in [-0.2, 0) is 7.05 Å². The first-order valence-electron chi connectivity index (χ1n) is 7.00. The second-order valence-electron chi connectivity index (χ2n) is 5.42. The number of fused-ring (bicyclic) bond motifs is 1. The Balaban J connectivity index is 1.86. The van der Waals surface area contributed by atoms with E-state index in [0.717, 1.165) is 46.7 Å². The maximum Gasteiger partial charge on any atom is 0.264 e. The van der Waals surface area contributed by atoms with E-state index in [4.69, 9.17) is 0 Å². The van der Waals surface area contributed by atoms with Gasteiger partial charge in [-0.25, -0.2) is 0 Å². The van der Waals surface area contributed by atoms with E-state index >= 15 is 0 Å². The molecular formula is C14H20N4OS. The summed E-state index contributed by atoms with van der Waals surface area (Å²) in [6.07, 6.45) is 2.22. The van der Waals surface area contributed by atoms with E-state index in [9.17, 15) is 4.79 Å². The number of carbonyl (C=O) groups excluding carboxylic acids is 1. The van der Waals surface area contributed by atoms with Gasteiger partial charge in [0.25, 0.3) is 5.91 Å². The Labute approximate surface area is 122 Å². The van der Waals surface area contributed by atoms with E-state index in [1.807, 2.05) is 36.7 Å². The molecule has 2 aromatic rings. The number of piperidine rings is 1. The SMILES string of the molecule is CNC1CCCN(C(=O)c2cc3c(C)nn(C)c3s2)C1. The van der Waals surface area contributed by atoms with Crippen LogP contribution in [-0.4, -0.2) is 46.8 Å². The van der Waals surface area contributed by atoms with Gasteiger partial charge in [-0.15, -0.1) is 11.3 Å². The molecule has 1 atom stereocenters. The molecule has 1 fully saturated rings. The second kappa shape index (κ2) is 5.18. The number of aromatic nitrogens is 2. The number of rotatable bonds is 2. The van der Waals surface area contributed by atoms with Crippen molar-refractivity contribution in [3.63, 3.8) is 0 Å². The Bertz CT molecular complexity index is 610. The minimum Gasteiger partial charge on any atom is -0.336 e. The number of likely N-dealkylation sites (tertiary alicyclic amines) is 1. The molecule has 1 aliphatic heterocycles. The monoisotopic (exact) mass is 292 g/mol. The summed E-state index contributed by atoms with van der Waals surface area (Å²) in [6.45, 7) is 3.66. The van der Waals surface area contributed by atoms with Gasteiger partial charge in [0.15, 0.2) is 0 Å². The van der Waals surface area contributed by atoms with E-state index in [-0.39, 0.29) is 5.91 Å². The standard InChI is InChI=1S/C14H20N4OS/c1-9-11-7-12(20-14(11)17(3)16-9)13(19)18-6-4-5-10(8-18)15-2/h7,10,15H,4-6,8H2,1-3H3. The largest absolute Gasteiger partial charge is 0.336 e. The molecule has 1 unspecified atom stereocenters. The molecule has 6 heteroatoms. The molecule has 20 heavy (non-hydrogen) atoms. The molecule has 1 saturated heterocycles. The molecule has 0 saturated carbocycles. The van der Waals surface area contributed by atoms with Gasteiger partial charge in [0.2, 0.25) is 0 Å².